The van der Waals surface area contributed by atoms with Crippen LogP contribution in [0, 0.1) is 0 Å². The van der Waals surface area contributed by atoms with Crippen molar-refractivity contribution < 1.29 is 37.9 Å². The Kier molecular flexibility index (Phi) is 37.7. The fraction of sp³-hybridized carbons (Fsp3) is 0.721. The highest BCUT2D eigenvalue weighted by Gasteiger charge is 2.23. The maximum Gasteiger partial charge on any atom is 0.472 e. The molecule has 10 heteroatoms. The van der Waals surface area contributed by atoms with Crippen LogP contribution in [0.2, 0.25) is 0 Å². The number of esters is 1. The fourth-order valence-corrected chi connectivity index (χ4v) is 6.00. The normalized spacial score (nSPS) is 14.0. The number of nitrogens with one attached hydrogen (secondary N) is 1. The highest BCUT2D eigenvalue weighted by molar-refractivity contribution is 7.47. The van der Waals surface area contributed by atoms with E-state index in [2.05, 4.69) is 79.9 Å². The molecular formula is C43H76NO8P. The minimum atomic E-state index is -4.42. The summed E-state index contributed by atoms with van der Waals surface area (Å²) < 4.78 is 26.8. The minimum absolute atomic E-state index is 0.0696. The first-order valence-electron chi connectivity index (χ1n) is 20.8. The Morgan fingerprint density at radius 2 is 1.06 bits per heavy atom. The Morgan fingerprint density at radius 3 is 1.60 bits per heavy atom. The highest BCUT2D eigenvalue weighted by Crippen LogP contribution is 2.42. The minimum Gasteiger partial charge on any atom is -0.463 e. The summed E-state index contributed by atoms with van der Waals surface area (Å²) in [6, 6.07) is 0. The first-order chi connectivity index (χ1) is 25.8. The van der Waals surface area contributed by atoms with Crippen LogP contribution in [0.3, 0.4) is 0 Å². The lowest BCUT2D eigenvalue weighted by molar-refractivity contribution is -0.147. The van der Waals surface area contributed by atoms with Gasteiger partial charge in [0.1, 0.15) is 12.7 Å². The van der Waals surface area contributed by atoms with Gasteiger partial charge < -0.3 is 20.1 Å². The molecule has 0 radical (unpaired) electrons. The van der Waals surface area contributed by atoms with Crippen LogP contribution in [0.1, 0.15) is 168 Å². The summed E-state index contributed by atoms with van der Waals surface area (Å²) in [5, 5.41) is 12.7. The number of unbranched alkanes of at least 4 members (excludes halogenated alkanes) is 15. The lowest BCUT2D eigenvalue weighted by atomic mass is 10.1. The van der Waals surface area contributed by atoms with Crippen LogP contribution < -0.4 is 5.32 Å². The molecule has 0 saturated carbocycles. The van der Waals surface area contributed by atoms with Crippen LogP contribution in [0.4, 0.5) is 0 Å². The van der Waals surface area contributed by atoms with Crippen LogP contribution in [-0.4, -0.2) is 54.3 Å². The second-order valence-electron chi connectivity index (χ2n) is 13.6. The first-order valence-corrected chi connectivity index (χ1v) is 22.3. The molecule has 0 aromatic carbocycles. The first kappa shape index (κ1) is 50.7. The molecule has 0 heterocycles. The third-order valence-electron chi connectivity index (χ3n) is 8.40. The maximum atomic E-state index is 12.1. The van der Waals surface area contributed by atoms with Gasteiger partial charge in [-0.25, -0.2) is 4.57 Å². The lowest BCUT2D eigenvalue weighted by Crippen LogP contribution is -2.27. The van der Waals surface area contributed by atoms with Crippen LogP contribution in [0.25, 0.3) is 0 Å². The standard InChI is InChI=1S/C43H76NO8P/c1-3-5-7-9-11-13-15-17-18-19-20-21-22-24-26-28-30-32-34-36-43(47)50-39-41(45)40-52-53(48,49)51-38-37-44-42(46)35-33-31-29-27-25-23-16-14-12-10-8-6-4-2/h8,10-11,13-14,16-18,20-21,41,45H,3-7,9,12,15,19,22-40H2,1-2H3,(H,44,46)(H,48,49)/b10-8-,13-11-,16-14-,18-17-,21-20-. The molecule has 0 fully saturated rings. The zero-order chi connectivity index (χ0) is 38.9. The molecule has 0 aliphatic carbocycles. The van der Waals surface area contributed by atoms with E-state index < -0.39 is 26.5 Å². The van der Waals surface area contributed by atoms with E-state index in [4.69, 9.17) is 13.8 Å². The number of aliphatic hydroxyl groups is 1. The van der Waals surface area contributed by atoms with Crippen LogP contribution in [-0.2, 0) is 27.9 Å². The number of rotatable bonds is 38. The molecule has 306 valence electrons. The number of hydrogen-bond donors (Lipinski definition) is 3. The molecule has 0 rings (SSSR count). The molecule has 2 atom stereocenters. The SMILES string of the molecule is CCC/C=C\C/C=C\CCCCCCCC(=O)NCCOP(=O)(O)OCC(O)COC(=O)CCCCCCCC/C=C\C/C=C\C/C=C\CCCCC. The molecule has 0 aliphatic heterocycles. The second-order valence-corrected chi connectivity index (χ2v) is 15.1. The van der Waals surface area contributed by atoms with Crippen molar-refractivity contribution in [1.29, 1.82) is 0 Å². The van der Waals surface area contributed by atoms with Crippen molar-refractivity contribution in [2.24, 2.45) is 0 Å². The van der Waals surface area contributed by atoms with E-state index >= 15 is 0 Å². The largest absolute Gasteiger partial charge is 0.472 e. The molecule has 2 unspecified atom stereocenters. The summed E-state index contributed by atoms with van der Waals surface area (Å²) in [6.45, 7) is 3.41. The third kappa shape index (κ3) is 40.7. The molecular weight excluding hydrogens is 689 g/mol. The van der Waals surface area contributed by atoms with Crippen molar-refractivity contribution in [3.05, 3.63) is 60.8 Å². The Bertz CT molecular complexity index is 1050. The summed E-state index contributed by atoms with van der Waals surface area (Å²) in [4.78, 5) is 33.8. The number of carbonyl (C=O) groups is 2. The van der Waals surface area contributed by atoms with Crippen molar-refractivity contribution in [3.63, 3.8) is 0 Å². The van der Waals surface area contributed by atoms with Gasteiger partial charge in [-0.3, -0.25) is 18.6 Å². The number of phosphoric ester groups is 1. The van der Waals surface area contributed by atoms with Crippen LogP contribution >= 0.6 is 7.82 Å². The topological polar surface area (TPSA) is 131 Å². The summed E-state index contributed by atoms with van der Waals surface area (Å²) in [5.41, 5.74) is 0. The van der Waals surface area contributed by atoms with Crippen molar-refractivity contribution in [1.82, 2.24) is 5.32 Å². The highest BCUT2D eigenvalue weighted by atomic mass is 31.2. The molecule has 3 N–H and O–H groups in total. The molecule has 0 saturated heterocycles. The van der Waals surface area contributed by atoms with Crippen LogP contribution in [0.5, 0.6) is 0 Å². The van der Waals surface area contributed by atoms with Crippen molar-refractivity contribution in [2.45, 2.75) is 174 Å². The van der Waals surface area contributed by atoms with Gasteiger partial charge in [-0.2, -0.15) is 0 Å². The monoisotopic (exact) mass is 766 g/mol. The zero-order valence-corrected chi connectivity index (χ0v) is 34.3. The third-order valence-corrected chi connectivity index (χ3v) is 9.39. The summed E-state index contributed by atoms with van der Waals surface area (Å²) in [6.07, 6.45) is 45.7. The average Bonchev–Trinajstić information content (AvgIpc) is 3.14. The number of hydrogen-bond acceptors (Lipinski definition) is 7. The van der Waals surface area contributed by atoms with E-state index in [0.717, 1.165) is 96.3 Å². The summed E-state index contributed by atoms with van der Waals surface area (Å²) >= 11 is 0. The maximum absolute atomic E-state index is 12.1. The zero-order valence-electron chi connectivity index (χ0n) is 33.4. The fourth-order valence-electron chi connectivity index (χ4n) is 5.25. The summed E-state index contributed by atoms with van der Waals surface area (Å²) in [7, 11) is -4.42. The molecule has 53 heavy (non-hydrogen) atoms. The number of phosphoric acid groups is 1. The van der Waals surface area contributed by atoms with Gasteiger partial charge in [0.05, 0.1) is 13.2 Å². The van der Waals surface area contributed by atoms with Gasteiger partial charge in [-0.05, 0) is 77.0 Å². The van der Waals surface area contributed by atoms with Crippen molar-refractivity contribution >= 4 is 19.7 Å². The van der Waals surface area contributed by atoms with E-state index in [1.165, 1.54) is 44.9 Å². The Hall–Kier alpha value is -2.29. The quantitative estimate of drug-likeness (QED) is 0.0245. The van der Waals surface area contributed by atoms with E-state index in [-0.39, 0.29) is 32.1 Å². The van der Waals surface area contributed by atoms with Gasteiger partial charge in [0.2, 0.25) is 5.91 Å². The number of ether oxygens (including phenoxy) is 1. The molecule has 1 amide bonds. The van der Waals surface area contributed by atoms with E-state index in [9.17, 15) is 24.2 Å². The van der Waals surface area contributed by atoms with Gasteiger partial charge in [0.25, 0.3) is 0 Å². The molecule has 0 bridgehead atoms. The van der Waals surface area contributed by atoms with Crippen LogP contribution in [0.15, 0.2) is 60.8 Å². The van der Waals surface area contributed by atoms with Crippen molar-refractivity contribution in [3.8, 4) is 0 Å². The number of aliphatic hydroxyl groups excluding tert-OH is 1. The van der Waals surface area contributed by atoms with Crippen molar-refractivity contribution in [2.75, 3.05) is 26.4 Å². The Labute approximate surface area is 323 Å². The van der Waals surface area contributed by atoms with E-state index in [1.54, 1.807) is 0 Å². The van der Waals surface area contributed by atoms with Gasteiger partial charge in [0.15, 0.2) is 0 Å². The predicted octanol–water partition coefficient (Wildman–Crippen LogP) is 11.3. The molecule has 9 nitrogen and oxygen atoms in total. The van der Waals surface area contributed by atoms with Gasteiger partial charge in [-0.15, -0.1) is 0 Å². The van der Waals surface area contributed by atoms with Gasteiger partial charge >= 0.3 is 13.8 Å². The Balaban J connectivity index is 3.66. The Morgan fingerprint density at radius 1 is 0.585 bits per heavy atom. The second kappa shape index (κ2) is 39.4. The van der Waals surface area contributed by atoms with E-state index in [1.807, 2.05) is 0 Å². The molecule has 0 spiro atoms. The number of carbonyl (C=O) groups excluding carboxylic acids is 2. The smallest absolute Gasteiger partial charge is 0.463 e. The average molecular weight is 766 g/mol. The number of amides is 1. The molecule has 0 aromatic heterocycles. The molecule has 0 aromatic rings. The number of allylic oxidation sites excluding steroid dienone is 10. The van der Waals surface area contributed by atoms with Gasteiger partial charge in [-0.1, -0.05) is 139 Å². The predicted molar refractivity (Wildman–Crippen MR) is 220 cm³/mol. The molecule has 0 aliphatic rings. The lowest BCUT2D eigenvalue weighted by Gasteiger charge is -2.15. The van der Waals surface area contributed by atoms with Gasteiger partial charge in [0, 0.05) is 19.4 Å². The van der Waals surface area contributed by atoms with E-state index in [0.29, 0.717) is 6.42 Å². The summed E-state index contributed by atoms with van der Waals surface area (Å²) in [5.74, 6) is -0.548.